The Morgan fingerprint density at radius 2 is 1.45 bits per heavy atom. The van der Waals surface area contributed by atoms with Crippen LogP contribution < -0.4 is 5.32 Å². The summed E-state index contributed by atoms with van der Waals surface area (Å²) in [5.41, 5.74) is 6.55. The minimum absolute atomic E-state index is 0.00926. The first kappa shape index (κ1) is 19.5. The van der Waals surface area contributed by atoms with Gasteiger partial charge in [-0.15, -0.1) is 0 Å². The molecule has 5 nitrogen and oxygen atoms in total. The Balaban J connectivity index is 1.38. The zero-order valence-electron chi connectivity index (χ0n) is 17.0. The molecule has 0 spiro atoms. The van der Waals surface area contributed by atoms with E-state index in [1.165, 1.54) is 11.1 Å². The molecule has 0 aromatic heterocycles. The number of carbonyl (C=O) groups is 2. The van der Waals surface area contributed by atoms with Crippen LogP contribution in [0.4, 0.5) is 0 Å². The first-order valence-corrected chi connectivity index (χ1v) is 10.5. The highest BCUT2D eigenvalue weighted by Crippen LogP contribution is 2.44. The van der Waals surface area contributed by atoms with Gasteiger partial charge in [0, 0.05) is 12.0 Å². The Morgan fingerprint density at radius 3 is 2.10 bits per heavy atom. The molecule has 2 aliphatic rings. The molecule has 1 aliphatic heterocycles. The van der Waals surface area contributed by atoms with Crippen molar-refractivity contribution in [2.45, 2.75) is 30.8 Å². The van der Waals surface area contributed by atoms with Crippen LogP contribution in [0, 0.1) is 0 Å². The summed E-state index contributed by atoms with van der Waals surface area (Å²) < 4.78 is 5.84. The molecule has 2 N–H and O–H groups in total. The first-order valence-electron chi connectivity index (χ1n) is 10.5. The average Bonchev–Trinajstić information content (AvgIpc) is 3.10. The van der Waals surface area contributed by atoms with Gasteiger partial charge < -0.3 is 9.84 Å². The van der Waals surface area contributed by atoms with Crippen molar-refractivity contribution >= 4 is 11.9 Å². The van der Waals surface area contributed by atoms with Crippen LogP contribution in [0.25, 0.3) is 11.1 Å². The van der Waals surface area contributed by atoms with Crippen LogP contribution in [-0.4, -0.2) is 29.7 Å². The second kappa shape index (κ2) is 8.00. The number of benzene rings is 3. The van der Waals surface area contributed by atoms with Crippen LogP contribution in [-0.2, 0) is 20.7 Å². The molecule has 5 heteroatoms. The van der Waals surface area contributed by atoms with Gasteiger partial charge in [-0.3, -0.25) is 10.1 Å². The molecule has 31 heavy (non-hydrogen) atoms. The predicted octanol–water partition coefficient (Wildman–Crippen LogP) is 4.07. The van der Waals surface area contributed by atoms with Gasteiger partial charge in [-0.2, -0.15) is 0 Å². The summed E-state index contributed by atoms with van der Waals surface area (Å²) in [5.74, 6) is -1.27. The second-order valence-electron chi connectivity index (χ2n) is 8.15. The lowest BCUT2D eigenvalue weighted by Gasteiger charge is -2.31. The van der Waals surface area contributed by atoms with E-state index in [0.717, 1.165) is 22.3 Å². The number of carbonyl (C=O) groups excluding carboxylic acids is 1. The van der Waals surface area contributed by atoms with Gasteiger partial charge in [-0.25, -0.2) is 4.79 Å². The Kier molecular flexibility index (Phi) is 5.04. The maximum absolute atomic E-state index is 13.1. The van der Waals surface area contributed by atoms with E-state index in [1.807, 2.05) is 48.5 Å². The predicted molar refractivity (Wildman–Crippen MR) is 117 cm³/mol. The molecule has 1 aliphatic carbocycles. The fourth-order valence-electron chi connectivity index (χ4n) is 4.88. The molecular weight excluding hydrogens is 390 g/mol. The second-order valence-corrected chi connectivity index (χ2v) is 8.15. The molecule has 0 radical (unpaired) electrons. The number of aliphatic carboxylic acids is 1. The van der Waals surface area contributed by atoms with Crippen LogP contribution in [0.2, 0.25) is 0 Å². The number of nitrogens with one attached hydrogen (secondary N) is 1. The molecule has 1 unspecified atom stereocenters. The van der Waals surface area contributed by atoms with Gasteiger partial charge >= 0.3 is 11.9 Å². The lowest BCUT2D eigenvalue weighted by molar-refractivity contribution is -0.148. The van der Waals surface area contributed by atoms with Crippen molar-refractivity contribution in [2.75, 3.05) is 6.61 Å². The van der Waals surface area contributed by atoms with Crippen LogP contribution in [0.1, 0.15) is 40.6 Å². The zero-order chi connectivity index (χ0) is 21.4. The molecule has 156 valence electrons. The maximum Gasteiger partial charge on any atom is 0.327 e. The summed E-state index contributed by atoms with van der Waals surface area (Å²) >= 11 is 0. The lowest BCUT2D eigenvalue weighted by Crippen LogP contribution is -2.44. The number of hydrogen-bond donors (Lipinski definition) is 2. The third-order valence-electron chi connectivity index (χ3n) is 6.25. The van der Waals surface area contributed by atoms with Crippen molar-refractivity contribution in [1.29, 1.82) is 0 Å². The smallest absolute Gasteiger partial charge is 0.327 e. The fraction of sp³-hybridized carbons (Fsp3) is 0.231. The van der Waals surface area contributed by atoms with Gasteiger partial charge in [0.15, 0.2) is 0 Å². The van der Waals surface area contributed by atoms with E-state index in [-0.39, 0.29) is 31.0 Å². The summed E-state index contributed by atoms with van der Waals surface area (Å²) in [5, 5.41) is 12.4. The highest BCUT2D eigenvalue weighted by molar-refractivity contribution is 5.81. The molecule has 0 fully saturated rings. The molecule has 1 heterocycles. The Morgan fingerprint density at radius 1 is 0.871 bits per heavy atom. The Labute approximate surface area is 180 Å². The lowest BCUT2D eigenvalue weighted by atomic mass is 9.89. The molecular formula is C26H23NO4. The van der Waals surface area contributed by atoms with Crippen molar-refractivity contribution in [2.24, 2.45) is 0 Å². The molecule has 5 rings (SSSR count). The van der Waals surface area contributed by atoms with E-state index in [2.05, 4.69) is 29.6 Å². The van der Waals surface area contributed by atoms with Gasteiger partial charge in [-0.1, -0.05) is 72.8 Å². The van der Waals surface area contributed by atoms with Crippen LogP contribution >= 0.6 is 0 Å². The van der Waals surface area contributed by atoms with Crippen molar-refractivity contribution in [3.8, 4) is 11.1 Å². The molecule has 0 amide bonds. The van der Waals surface area contributed by atoms with Crippen molar-refractivity contribution in [3.05, 3.63) is 95.1 Å². The highest BCUT2D eigenvalue weighted by Gasteiger charge is 2.34. The van der Waals surface area contributed by atoms with Crippen molar-refractivity contribution in [3.63, 3.8) is 0 Å². The number of hydrogen-bond acceptors (Lipinski definition) is 4. The summed E-state index contributed by atoms with van der Waals surface area (Å²) in [6.45, 7) is 0.247. The normalized spacial score (nSPS) is 19.2. The first-order chi connectivity index (χ1) is 15.1. The van der Waals surface area contributed by atoms with Gasteiger partial charge in [0.05, 0.1) is 6.42 Å². The summed E-state index contributed by atoms with van der Waals surface area (Å²) in [6.07, 6.45) is 0.539. The number of ether oxygens (including phenoxy) is 1. The van der Waals surface area contributed by atoms with E-state index < -0.39 is 12.0 Å². The highest BCUT2D eigenvalue weighted by atomic mass is 16.5. The monoisotopic (exact) mass is 413 g/mol. The number of carboxylic acids is 1. The standard InChI is InChI=1S/C26H23NO4/c28-24(29)14-17-13-16-7-1-2-8-18(16)25(27-17)26(30)31-15-23-21-11-5-3-9-19(21)20-10-4-6-12-22(20)23/h1-12,17,23,25,27H,13-15H2,(H,28,29)/t17?,25-/m1/s1. The average molecular weight is 413 g/mol. The molecule has 3 aromatic carbocycles. The fourth-order valence-corrected chi connectivity index (χ4v) is 4.88. The maximum atomic E-state index is 13.1. The summed E-state index contributed by atoms with van der Waals surface area (Å²) in [6, 6.07) is 23.1. The number of rotatable bonds is 5. The van der Waals surface area contributed by atoms with E-state index in [9.17, 15) is 14.7 Å². The Bertz CT molecular complexity index is 1110. The van der Waals surface area contributed by atoms with E-state index >= 15 is 0 Å². The minimum Gasteiger partial charge on any atom is -0.481 e. The summed E-state index contributed by atoms with van der Waals surface area (Å²) in [7, 11) is 0. The van der Waals surface area contributed by atoms with Gasteiger partial charge in [-0.05, 0) is 39.8 Å². The topological polar surface area (TPSA) is 75.6 Å². The van der Waals surface area contributed by atoms with Crippen molar-refractivity contribution in [1.82, 2.24) is 5.32 Å². The third kappa shape index (κ3) is 3.62. The van der Waals surface area contributed by atoms with E-state index in [1.54, 1.807) is 0 Å². The largest absolute Gasteiger partial charge is 0.481 e. The van der Waals surface area contributed by atoms with Gasteiger partial charge in [0.2, 0.25) is 0 Å². The molecule has 3 aromatic rings. The number of carboxylic acid groups (broad SMARTS) is 1. The van der Waals surface area contributed by atoms with E-state index in [4.69, 9.17) is 4.74 Å². The minimum atomic E-state index is -0.886. The zero-order valence-corrected chi connectivity index (χ0v) is 17.0. The Hall–Kier alpha value is -3.44. The SMILES string of the molecule is O=C(O)CC1Cc2ccccc2[C@H](C(=O)OCC2c3ccccc3-c3ccccc32)N1. The van der Waals surface area contributed by atoms with Crippen LogP contribution in [0.3, 0.4) is 0 Å². The van der Waals surface area contributed by atoms with Crippen LogP contribution in [0.5, 0.6) is 0 Å². The third-order valence-corrected chi connectivity index (χ3v) is 6.25. The van der Waals surface area contributed by atoms with Crippen molar-refractivity contribution < 1.29 is 19.4 Å². The summed E-state index contributed by atoms with van der Waals surface area (Å²) in [4.78, 5) is 24.4. The molecule has 0 bridgehead atoms. The quantitative estimate of drug-likeness (QED) is 0.617. The molecule has 0 saturated heterocycles. The van der Waals surface area contributed by atoms with Crippen LogP contribution in [0.15, 0.2) is 72.8 Å². The van der Waals surface area contributed by atoms with E-state index in [0.29, 0.717) is 6.42 Å². The van der Waals surface area contributed by atoms with Gasteiger partial charge in [0.1, 0.15) is 12.6 Å². The molecule has 2 atom stereocenters. The van der Waals surface area contributed by atoms with Gasteiger partial charge in [0.25, 0.3) is 0 Å². The number of fused-ring (bicyclic) bond motifs is 4. The molecule has 0 saturated carbocycles. The number of esters is 1.